The Bertz CT molecular complexity index is 1020. The van der Waals surface area contributed by atoms with Crippen molar-refractivity contribution < 1.29 is 22.9 Å². The number of thiazole rings is 1. The standard InChI is InChI=1S/C14H8F3N5O3S/c15-14(16,17)9-3-4-19-12(21-9)10(11(18)23)13-20-7-2-1-6(22(24)25)5-8(7)26-13/h1-5,10H,(H2,18,23). The van der Waals surface area contributed by atoms with Crippen LogP contribution in [-0.2, 0) is 11.0 Å². The highest BCUT2D eigenvalue weighted by Crippen LogP contribution is 2.33. The molecule has 0 bridgehead atoms. The Labute approximate surface area is 146 Å². The molecule has 134 valence electrons. The predicted molar refractivity (Wildman–Crippen MR) is 84.3 cm³/mol. The first kappa shape index (κ1) is 17.7. The molecule has 0 aliphatic heterocycles. The highest BCUT2D eigenvalue weighted by Gasteiger charge is 2.35. The van der Waals surface area contributed by atoms with E-state index in [1.807, 2.05) is 0 Å². The summed E-state index contributed by atoms with van der Waals surface area (Å²) in [6.07, 6.45) is -3.84. The van der Waals surface area contributed by atoms with E-state index in [9.17, 15) is 28.1 Å². The summed E-state index contributed by atoms with van der Waals surface area (Å²) in [6.45, 7) is 0. The summed E-state index contributed by atoms with van der Waals surface area (Å²) in [6, 6.07) is 4.52. The van der Waals surface area contributed by atoms with E-state index in [1.165, 1.54) is 18.2 Å². The van der Waals surface area contributed by atoms with Gasteiger partial charge in [0.15, 0.2) is 0 Å². The zero-order valence-corrected chi connectivity index (χ0v) is 13.4. The van der Waals surface area contributed by atoms with E-state index in [0.717, 1.165) is 17.5 Å². The minimum Gasteiger partial charge on any atom is -0.369 e. The van der Waals surface area contributed by atoms with Gasteiger partial charge in [-0.15, -0.1) is 11.3 Å². The zero-order chi connectivity index (χ0) is 19.1. The van der Waals surface area contributed by atoms with Crippen molar-refractivity contribution in [3.8, 4) is 0 Å². The van der Waals surface area contributed by atoms with Gasteiger partial charge in [0.2, 0.25) is 5.91 Å². The third-order valence-electron chi connectivity index (χ3n) is 3.35. The quantitative estimate of drug-likeness (QED) is 0.545. The molecule has 0 saturated carbocycles. The number of nitrogens with two attached hydrogens (primary N) is 1. The van der Waals surface area contributed by atoms with Crippen LogP contribution < -0.4 is 5.73 Å². The molecular formula is C14H8F3N5O3S. The van der Waals surface area contributed by atoms with Gasteiger partial charge < -0.3 is 5.73 Å². The Morgan fingerprint density at radius 1 is 1.27 bits per heavy atom. The maximum absolute atomic E-state index is 12.8. The second kappa shape index (κ2) is 6.29. The molecular weight excluding hydrogens is 375 g/mol. The topological polar surface area (TPSA) is 125 Å². The molecule has 0 radical (unpaired) electrons. The van der Waals surface area contributed by atoms with Crippen molar-refractivity contribution in [3.05, 3.63) is 57.1 Å². The van der Waals surface area contributed by atoms with E-state index >= 15 is 0 Å². The second-order valence-electron chi connectivity index (χ2n) is 5.09. The number of halogens is 3. The summed E-state index contributed by atoms with van der Waals surface area (Å²) in [5.74, 6) is -2.84. The highest BCUT2D eigenvalue weighted by molar-refractivity contribution is 7.18. The van der Waals surface area contributed by atoms with Gasteiger partial charge in [0.05, 0.1) is 15.1 Å². The molecule has 2 N–H and O–H groups in total. The number of benzene rings is 1. The van der Waals surface area contributed by atoms with Crippen LogP contribution in [0, 0.1) is 10.1 Å². The van der Waals surface area contributed by atoms with Crippen molar-refractivity contribution in [2.75, 3.05) is 0 Å². The average Bonchev–Trinajstić information content (AvgIpc) is 2.96. The number of rotatable bonds is 4. The van der Waals surface area contributed by atoms with E-state index in [1.54, 1.807) is 0 Å². The first-order valence-electron chi connectivity index (χ1n) is 6.91. The molecule has 2 aromatic heterocycles. The molecule has 0 fully saturated rings. The summed E-state index contributed by atoms with van der Waals surface area (Å²) in [5.41, 5.74) is 4.26. The second-order valence-corrected chi connectivity index (χ2v) is 6.16. The summed E-state index contributed by atoms with van der Waals surface area (Å²) in [7, 11) is 0. The minimum absolute atomic E-state index is 0.0484. The number of carbonyl (C=O) groups is 1. The van der Waals surface area contributed by atoms with Crippen LogP contribution >= 0.6 is 11.3 Å². The van der Waals surface area contributed by atoms with E-state index in [0.29, 0.717) is 16.3 Å². The first-order valence-corrected chi connectivity index (χ1v) is 7.73. The van der Waals surface area contributed by atoms with Gasteiger partial charge in [0, 0.05) is 18.3 Å². The highest BCUT2D eigenvalue weighted by atomic mass is 32.1. The summed E-state index contributed by atoms with van der Waals surface area (Å²) in [5, 5.41) is 10.9. The molecule has 0 saturated heterocycles. The summed E-state index contributed by atoms with van der Waals surface area (Å²) in [4.78, 5) is 33.3. The molecule has 0 aliphatic carbocycles. The van der Waals surface area contributed by atoms with Crippen LogP contribution in [-0.4, -0.2) is 25.8 Å². The molecule has 2 heterocycles. The number of nitrogens with zero attached hydrogens (tertiary/aromatic N) is 4. The van der Waals surface area contributed by atoms with Gasteiger partial charge in [-0.2, -0.15) is 13.2 Å². The number of non-ortho nitro benzene ring substituents is 1. The molecule has 1 aromatic carbocycles. The Kier molecular flexibility index (Phi) is 4.28. The lowest BCUT2D eigenvalue weighted by atomic mass is 10.1. The van der Waals surface area contributed by atoms with Crippen molar-refractivity contribution in [3.63, 3.8) is 0 Å². The van der Waals surface area contributed by atoms with Crippen LogP contribution in [0.25, 0.3) is 10.2 Å². The maximum Gasteiger partial charge on any atom is 0.433 e. The molecule has 3 rings (SSSR count). The van der Waals surface area contributed by atoms with Crippen LogP contribution in [0.3, 0.4) is 0 Å². The predicted octanol–water partition coefficient (Wildman–Crippen LogP) is 2.63. The number of hydrogen-bond acceptors (Lipinski definition) is 7. The van der Waals surface area contributed by atoms with Gasteiger partial charge in [-0.05, 0) is 12.1 Å². The van der Waals surface area contributed by atoms with Crippen molar-refractivity contribution in [2.45, 2.75) is 12.1 Å². The number of nitro benzene ring substituents is 1. The van der Waals surface area contributed by atoms with Crippen LogP contribution in [0.4, 0.5) is 18.9 Å². The van der Waals surface area contributed by atoms with Crippen molar-refractivity contribution in [2.24, 2.45) is 5.73 Å². The number of carbonyl (C=O) groups excluding carboxylic acids is 1. The maximum atomic E-state index is 12.8. The van der Waals surface area contributed by atoms with Crippen LogP contribution in [0.1, 0.15) is 22.4 Å². The van der Waals surface area contributed by atoms with Crippen LogP contribution in [0.15, 0.2) is 30.5 Å². The molecule has 12 heteroatoms. The third-order valence-corrected chi connectivity index (χ3v) is 4.44. The molecule has 1 amide bonds. The van der Waals surface area contributed by atoms with Gasteiger partial charge >= 0.3 is 6.18 Å². The number of fused-ring (bicyclic) bond motifs is 1. The molecule has 1 unspecified atom stereocenters. The lowest BCUT2D eigenvalue weighted by Gasteiger charge is -2.11. The number of alkyl halides is 3. The number of aromatic nitrogens is 3. The van der Waals surface area contributed by atoms with Gasteiger partial charge in [0.25, 0.3) is 5.69 Å². The largest absolute Gasteiger partial charge is 0.433 e. The molecule has 8 nitrogen and oxygen atoms in total. The monoisotopic (exact) mass is 383 g/mol. The molecule has 0 spiro atoms. The van der Waals surface area contributed by atoms with Gasteiger partial charge in [-0.25, -0.2) is 15.0 Å². The zero-order valence-electron chi connectivity index (χ0n) is 12.6. The van der Waals surface area contributed by atoms with Crippen molar-refractivity contribution in [1.29, 1.82) is 0 Å². The van der Waals surface area contributed by atoms with E-state index in [2.05, 4.69) is 15.0 Å². The van der Waals surface area contributed by atoms with Crippen molar-refractivity contribution >= 4 is 33.1 Å². The van der Waals surface area contributed by atoms with E-state index in [4.69, 9.17) is 5.73 Å². The number of primary amides is 1. The molecule has 26 heavy (non-hydrogen) atoms. The minimum atomic E-state index is -4.71. The summed E-state index contributed by atoms with van der Waals surface area (Å²) < 4.78 is 38.9. The van der Waals surface area contributed by atoms with Crippen molar-refractivity contribution in [1.82, 2.24) is 15.0 Å². The smallest absolute Gasteiger partial charge is 0.369 e. The number of amides is 1. The SMILES string of the molecule is NC(=O)C(c1nccc(C(F)(F)F)n1)c1nc2ccc([N+](=O)[O-])cc2s1. The first-order chi connectivity index (χ1) is 12.2. The number of nitro groups is 1. The fourth-order valence-electron chi connectivity index (χ4n) is 2.20. The Morgan fingerprint density at radius 2 is 2.00 bits per heavy atom. The van der Waals surface area contributed by atoms with Crippen LogP contribution in [0.2, 0.25) is 0 Å². The van der Waals surface area contributed by atoms with Gasteiger partial charge in [-0.1, -0.05) is 0 Å². The average molecular weight is 383 g/mol. The Morgan fingerprint density at radius 3 is 2.62 bits per heavy atom. The van der Waals surface area contributed by atoms with Gasteiger partial charge in [0.1, 0.15) is 22.4 Å². The molecule has 0 aliphatic rings. The summed E-state index contributed by atoms with van der Waals surface area (Å²) >= 11 is 0.896. The lowest BCUT2D eigenvalue weighted by Crippen LogP contribution is -2.25. The van der Waals surface area contributed by atoms with E-state index in [-0.39, 0.29) is 10.7 Å². The fraction of sp³-hybridized carbons (Fsp3) is 0.143. The number of hydrogen-bond donors (Lipinski definition) is 1. The lowest BCUT2D eigenvalue weighted by molar-refractivity contribution is -0.384. The van der Waals surface area contributed by atoms with Gasteiger partial charge in [-0.3, -0.25) is 14.9 Å². The molecule has 3 aromatic rings. The normalized spacial score (nSPS) is 12.9. The molecule has 1 atom stereocenters. The third kappa shape index (κ3) is 3.31. The fourth-order valence-corrected chi connectivity index (χ4v) is 3.30. The Hall–Kier alpha value is -3.15. The van der Waals surface area contributed by atoms with Crippen LogP contribution in [0.5, 0.6) is 0 Å². The van der Waals surface area contributed by atoms with E-state index < -0.39 is 34.4 Å². The Balaban J connectivity index is 2.10.